The molecule has 0 bridgehead atoms. The van der Waals surface area contributed by atoms with E-state index in [0.717, 1.165) is 33.4 Å². The van der Waals surface area contributed by atoms with Gasteiger partial charge in [0.15, 0.2) is 5.16 Å². The fraction of sp³-hybridized carbons (Fsp3) is 0.160. The number of carbonyl (C=O) groups excluding carboxylic acids is 1. The van der Waals surface area contributed by atoms with E-state index >= 15 is 0 Å². The molecule has 6 nitrogen and oxygen atoms in total. The van der Waals surface area contributed by atoms with Crippen LogP contribution in [0.4, 0.5) is 15.9 Å². The molecule has 4 rings (SSSR count). The number of thioether (sulfide) groups is 1. The molecule has 0 aliphatic carbocycles. The maximum absolute atomic E-state index is 13.5. The maximum Gasteiger partial charge on any atom is 0.219 e. The van der Waals surface area contributed by atoms with E-state index in [1.807, 2.05) is 49.4 Å². The van der Waals surface area contributed by atoms with Gasteiger partial charge >= 0.3 is 0 Å². The van der Waals surface area contributed by atoms with E-state index in [1.54, 1.807) is 18.3 Å². The van der Waals surface area contributed by atoms with Crippen LogP contribution in [0.15, 0.2) is 78.1 Å². The number of aromatic amines is 1. The largest absolute Gasteiger partial charge is 0.355 e. The highest BCUT2D eigenvalue weighted by atomic mass is 32.2. The fourth-order valence-electron chi connectivity index (χ4n) is 3.23. The molecule has 8 heteroatoms. The minimum atomic E-state index is -0.292. The molecule has 2 heterocycles. The molecule has 0 aliphatic heterocycles. The first kappa shape index (κ1) is 22.5. The van der Waals surface area contributed by atoms with Crippen LogP contribution in [0.5, 0.6) is 0 Å². The smallest absolute Gasteiger partial charge is 0.219 e. The van der Waals surface area contributed by atoms with E-state index in [-0.39, 0.29) is 11.7 Å². The highest BCUT2D eigenvalue weighted by Crippen LogP contribution is 2.33. The molecule has 168 valence electrons. The van der Waals surface area contributed by atoms with Crippen molar-refractivity contribution in [2.24, 2.45) is 0 Å². The van der Waals surface area contributed by atoms with E-state index in [1.165, 1.54) is 23.9 Å². The van der Waals surface area contributed by atoms with Crippen molar-refractivity contribution in [3.05, 3.63) is 78.7 Å². The Balaban J connectivity index is 1.61. The first-order chi connectivity index (χ1) is 16.1. The Bertz CT molecular complexity index is 1210. The lowest BCUT2D eigenvalue weighted by molar-refractivity contribution is -0.120. The summed E-state index contributed by atoms with van der Waals surface area (Å²) >= 11 is 1.52. The van der Waals surface area contributed by atoms with Gasteiger partial charge in [-0.15, -0.1) is 0 Å². The lowest BCUT2D eigenvalue weighted by Crippen LogP contribution is -2.24. The number of para-hydroxylation sites is 1. The van der Waals surface area contributed by atoms with E-state index in [9.17, 15) is 9.18 Å². The lowest BCUT2D eigenvalue weighted by Gasteiger charge is -2.08. The zero-order chi connectivity index (χ0) is 23.0. The van der Waals surface area contributed by atoms with Crippen molar-refractivity contribution in [3.8, 4) is 22.5 Å². The van der Waals surface area contributed by atoms with Crippen LogP contribution in [0.25, 0.3) is 22.5 Å². The van der Waals surface area contributed by atoms with Gasteiger partial charge in [-0.3, -0.25) is 4.79 Å². The number of nitrogens with zero attached hydrogens (tertiary/aromatic N) is 2. The fourth-order valence-corrected chi connectivity index (χ4v) is 3.96. The zero-order valence-corrected chi connectivity index (χ0v) is 19.0. The van der Waals surface area contributed by atoms with Crippen molar-refractivity contribution in [2.75, 3.05) is 17.6 Å². The normalized spacial score (nSPS) is 10.7. The molecule has 2 aromatic heterocycles. The Morgan fingerprint density at radius 2 is 1.85 bits per heavy atom. The summed E-state index contributed by atoms with van der Waals surface area (Å²) in [6, 6.07) is 20.0. The number of anilines is 2. The minimum Gasteiger partial charge on any atom is -0.355 e. The summed E-state index contributed by atoms with van der Waals surface area (Å²) in [5, 5.41) is 6.89. The highest BCUT2D eigenvalue weighted by molar-refractivity contribution is 7.99. The Morgan fingerprint density at radius 3 is 2.61 bits per heavy atom. The van der Waals surface area contributed by atoms with Crippen molar-refractivity contribution in [1.82, 2.24) is 20.3 Å². The summed E-state index contributed by atoms with van der Waals surface area (Å²) in [5.74, 6) is 1.11. The second-order valence-electron chi connectivity index (χ2n) is 7.25. The molecular weight excluding hydrogens is 437 g/mol. The van der Waals surface area contributed by atoms with Gasteiger partial charge in [0.25, 0.3) is 0 Å². The summed E-state index contributed by atoms with van der Waals surface area (Å²) in [4.78, 5) is 24.1. The third kappa shape index (κ3) is 5.98. The number of imidazole rings is 1. The first-order valence-electron chi connectivity index (χ1n) is 10.7. The quantitative estimate of drug-likeness (QED) is 0.222. The predicted molar refractivity (Wildman–Crippen MR) is 131 cm³/mol. The van der Waals surface area contributed by atoms with Crippen LogP contribution in [-0.4, -0.2) is 33.2 Å². The Labute approximate surface area is 196 Å². The second kappa shape index (κ2) is 10.8. The third-order valence-corrected chi connectivity index (χ3v) is 5.75. The SMILES string of the molecule is CCC(=O)NCCSc1nc(-c2ccnc(Nc3ccccc3)c2)c(-c2ccc(F)cc2)[nH]1. The summed E-state index contributed by atoms with van der Waals surface area (Å²) in [5.41, 5.74) is 4.20. The molecule has 0 aliphatic rings. The van der Waals surface area contributed by atoms with Gasteiger partial charge in [-0.25, -0.2) is 14.4 Å². The van der Waals surface area contributed by atoms with Crippen LogP contribution in [0.1, 0.15) is 13.3 Å². The van der Waals surface area contributed by atoms with Crippen molar-refractivity contribution < 1.29 is 9.18 Å². The van der Waals surface area contributed by atoms with Gasteiger partial charge < -0.3 is 15.6 Å². The number of nitrogens with one attached hydrogen (secondary N) is 3. The van der Waals surface area contributed by atoms with Gasteiger partial charge in [-0.05, 0) is 48.5 Å². The molecule has 0 spiro atoms. The minimum absolute atomic E-state index is 0.0259. The molecule has 0 unspecified atom stereocenters. The Kier molecular flexibility index (Phi) is 7.36. The zero-order valence-electron chi connectivity index (χ0n) is 18.1. The summed E-state index contributed by atoms with van der Waals surface area (Å²) in [7, 11) is 0. The molecule has 4 aromatic rings. The standard InChI is InChI=1S/C25H24FN5OS/c1-2-22(32)28-14-15-33-25-30-23(17-8-10-19(26)11-9-17)24(31-25)18-12-13-27-21(16-18)29-20-6-4-3-5-7-20/h3-13,16H,2,14-15H2,1H3,(H,27,29)(H,28,32)(H,30,31). The van der Waals surface area contributed by atoms with Crippen molar-refractivity contribution in [1.29, 1.82) is 0 Å². The summed E-state index contributed by atoms with van der Waals surface area (Å²) in [6.07, 6.45) is 2.20. The first-order valence-corrected chi connectivity index (χ1v) is 11.6. The molecule has 0 atom stereocenters. The number of aromatic nitrogens is 3. The van der Waals surface area contributed by atoms with Crippen LogP contribution in [0.2, 0.25) is 0 Å². The van der Waals surface area contributed by atoms with Gasteiger partial charge in [-0.1, -0.05) is 36.9 Å². The Morgan fingerprint density at radius 1 is 1.06 bits per heavy atom. The topological polar surface area (TPSA) is 82.7 Å². The molecular formula is C25H24FN5OS. The predicted octanol–water partition coefficient (Wildman–Crippen LogP) is 5.64. The van der Waals surface area contributed by atoms with Gasteiger partial charge in [0.05, 0.1) is 11.4 Å². The van der Waals surface area contributed by atoms with E-state index in [4.69, 9.17) is 4.98 Å². The van der Waals surface area contributed by atoms with Gasteiger partial charge in [-0.2, -0.15) is 0 Å². The number of hydrogen-bond acceptors (Lipinski definition) is 5. The molecule has 0 saturated carbocycles. The van der Waals surface area contributed by atoms with Gasteiger partial charge in [0.1, 0.15) is 11.6 Å². The van der Waals surface area contributed by atoms with E-state index < -0.39 is 0 Å². The number of H-pyrrole nitrogens is 1. The Hall–Kier alpha value is -3.65. The van der Waals surface area contributed by atoms with Crippen LogP contribution in [0.3, 0.4) is 0 Å². The number of carbonyl (C=O) groups is 1. The van der Waals surface area contributed by atoms with Crippen molar-refractivity contribution >= 4 is 29.2 Å². The van der Waals surface area contributed by atoms with E-state index in [2.05, 4.69) is 20.6 Å². The number of halogens is 1. The molecule has 2 aromatic carbocycles. The molecule has 33 heavy (non-hydrogen) atoms. The number of rotatable bonds is 9. The molecule has 0 saturated heterocycles. The number of amides is 1. The van der Waals surface area contributed by atoms with Gasteiger partial charge in [0.2, 0.25) is 5.91 Å². The monoisotopic (exact) mass is 461 g/mol. The average molecular weight is 462 g/mol. The molecule has 1 amide bonds. The highest BCUT2D eigenvalue weighted by Gasteiger charge is 2.16. The van der Waals surface area contributed by atoms with Gasteiger partial charge in [0, 0.05) is 41.7 Å². The maximum atomic E-state index is 13.5. The second-order valence-corrected chi connectivity index (χ2v) is 8.33. The summed E-state index contributed by atoms with van der Waals surface area (Å²) in [6.45, 7) is 2.38. The lowest BCUT2D eigenvalue weighted by atomic mass is 10.1. The number of hydrogen-bond donors (Lipinski definition) is 3. The average Bonchev–Trinajstić information content (AvgIpc) is 3.27. The summed E-state index contributed by atoms with van der Waals surface area (Å²) < 4.78 is 13.5. The number of pyridine rings is 1. The molecule has 0 fully saturated rings. The van der Waals surface area contributed by atoms with Crippen LogP contribution in [0, 0.1) is 5.82 Å². The van der Waals surface area contributed by atoms with Crippen LogP contribution in [-0.2, 0) is 4.79 Å². The van der Waals surface area contributed by atoms with Crippen molar-refractivity contribution in [2.45, 2.75) is 18.5 Å². The molecule has 0 radical (unpaired) electrons. The number of benzene rings is 2. The third-order valence-electron chi connectivity index (χ3n) is 4.88. The van der Waals surface area contributed by atoms with Crippen LogP contribution >= 0.6 is 11.8 Å². The van der Waals surface area contributed by atoms with Crippen molar-refractivity contribution in [3.63, 3.8) is 0 Å². The molecule has 3 N–H and O–H groups in total. The van der Waals surface area contributed by atoms with E-state index in [0.29, 0.717) is 24.5 Å². The van der Waals surface area contributed by atoms with Crippen LogP contribution < -0.4 is 10.6 Å².